The van der Waals surface area contributed by atoms with Crippen molar-refractivity contribution >= 4 is 11.8 Å². The molecule has 2 amide bonds. The van der Waals surface area contributed by atoms with E-state index in [2.05, 4.69) is 29.4 Å². The summed E-state index contributed by atoms with van der Waals surface area (Å²) in [6.07, 6.45) is 3.11. The van der Waals surface area contributed by atoms with Crippen LogP contribution in [0.25, 0.3) is 0 Å². The van der Waals surface area contributed by atoms with Gasteiger partial charge in [0.2, 0.25) is 11.8 Å². The lowest BCUT2D eigenvalue weighted by Crippen LogP contribution is -2.38. The summed E-state index contributed by atoms with van der Waals surface area (Å²) < 4.78 is 5.23. The summed E-state index contributed by atoms with van der Waals surface area (Å²) in [5.41, 5.74) is 3.23. The molecule has 1 aromatic heterocycles. The van der Waals surface area contributed by atoms with Crippen LogP contribution in [0.3, 0.4) is 0 Å². The highest BCUT2D eigenvalue weighted by Crippen LogP contribution is 2.46. The number of nitrogens with zero attached hydrogens (tertiary/aromatic N) is 3. The van der Waals surface area contributed by atoms with Crippen molar-refractivity contribution < 1.29 is 14.1 Å². The molecular weight excluding hydrogens is 378 g/mol. The number of rotatable bonds is 6. The van der Waals surface area contributed by atoms with Crippen LogP contribution in [0.5, 0.6) is 0 Å². The molecule has 0 N–H and O–H groups in total. The SMILES string of the molecule is CC(=O)N1C[C@@H]2CN(C(=O)CCc3c(C)noc3C)C[C@]2(CCc2ccccc2)C1. The molecule has 2 aliphatic rings. The van der Waals surface area contributed by atoms with Crippen LogP contribution in [0.15, 0.2) is 34.9 Å². The summed E-state index contributed by atoms with van der Waals surface area (Å²) in [5, 5.41) is 3.99. The Bertz CT molecular complexity index is 904. The maximum absolute atomic E-state index is 13.0. The molecular formula is C24H31N3O3. The predicted molar refractivity (Wildman–Crippen MR) is 114 cm³/mol. The summed E-state index contributed by atoms with van der Waals surface area (Å²) in [7, 11) is 0. The maximum Gasteiger partial charge on any atom is 0.222 e. The minimum absolute atomic E-state index is 0.000199. The van der Waals surface area contributed by atoms with Gasteiger partial charge in [-0.2, -0.15) is 0 Å². The van der Waals surface area contributed by atoms with Gasteiger partial charge in [-0.15, -0.1) is 0 Å². The Morgan fingerprint density at radius 2 is 1.80 bits per heavy atom. The molecule has 0 bridgehead atoms. The van der Waals surface area contributed by atoms with Crippen LogP contribution in [0.1, 0.15) is 42.3 Å². The van der Waals surface area contributed by atoms with Crippen LogP contribution in [0, 0.1) is 25.2 Å². The van der Waals surface area contributed by atoms with Gasteiger partial charge < -0.3 is 14.3 Å². The number of likely N-dealkylation sites (tertiary alicyclic amines) is 2. The van der Waals surface area contributed by atoms with E-state index in [1.807, 2.05) is 29.7 Å². The van der Waals surface area contributed by atoms with E-state index in [0.717, 1.165) is 56.0 Å². The lowest BCUT2D eigenvalue weighted by Gasteiger charge is -2.29. The average Bonchev–Trinajstić information content (AvgIpc) is 3.36. The molecule has 2 saturated heterocycles. The van der Waals surface area contributed by atoms with Gasteiger partial charge in [-0.1, -0.05) is 35.5 Å². The number of aromatic nitrogens is 1. The number of benzene rings is 1. The monoisotopic (exact) mass is 409 g/mol. The Hall–Kier alpha value is -2.63. The zero-order valence-electron chi connectivity index (χ0n) is 18.2. The fourth-order valence-electron chi connectivity index (χ4n) is 5.25. The molecule has 1 aromatic carbocycles. The van der Waals surface area contributed by atoms with Gasteiger partial charge >= 0.3 is 0 Å². The Kier molecular flexibility index (Phi) is 5.67. The van der Waals surface area contributed by atoms with E-state index in [-0.39, 0.29) is 17.2 Å². The number of hydrogen-bond donors (Lipinski definition) is 0. The fraction of sp³-hybridized carbons (Fsp3) is 0.542. The van der Waals surface area contributed by atoms with Gasteiger partial charge in [-0.25, -0.2) is 0 Å². The molecule has 0 aliphatic carbocycles. The molecule has 0 unspecified atom stereocenters. The first kappa shape index (κ1) is 20.6. The molecule has 2 fully saturated rings. The van der Waals surface area contributed by atoms with Crippen LogP contribution < -0.4 is 0 Å². The van der Waals surface area contributed by atoms with E-state index in [1.54, 1.807) is 6.92 Å². The quantitative estimate of drug-likeness (QED) is 0.735. The minimum atomic E-state index is 0.000199. The second kappa shape index (κ2) is 8.25. The number of hydrogen-bond acceptors (Lipinski definition) is 4. The van der Waals surface area contributed by atoms with Crippen molar-refractivity contribution in [3.63, 3.8) is 0 Å². The molecule has 0 saturated carbocycles. The molecule has 0 radical (unpaired) electrons. The van der Waals surface area contributed by atoms with Crippen molar-refractivity contribution in [1.82, 2.24) is 15.0 Å². The van der Waals surface area contributed by atoms with Crippen LogP contribution in [0.2, 0.25) is 0 Å². The molecule has 6 nitrogen and oxygen atoms in total. The lowest BCUT2D eigenvalue weighted by molar-refractivity contribution is -0.131. The summed E-state index contributed by atoms with van der Waals surface area (Å²) >= 11 is 0. The first-order valence-electron chi connectivity index (χ1n) is 10.9. The molecule has 2 aliphatic heterocycles. The standard InChI is InChI=1S/C24H31N3O3/c1-17-22(18(2)30-25-17)9-10-23(29)27-14-21-13-26(19(3)28)15-24(21,16-27)12-11-20-7-5-4-6-8-20/h4-8,21H,9-16H2,1-3H3/t21-,24+/m1/s1. The highest BCUT2D eigenvalue weighted by atomic mass is 16.5. The first-order valence-corrected chi connectivity index (χ1v) is 10.9. The van der Waals surface area contributed by atoms with E-state index in [0.29, 0.717) is 18.8 Å². The van der Waals surface area contributed by atoms with Gasteiger partial charge in [0.15, 0.2) is 0 Å². The average molecular weight is 410 g/mol. The molecule has 4 rings (SSSR count). The van der Waals surface area contributed by atoms with Gasteiger partial charge in [0.1, 0.15) is 5.76 Å². The number of carbonyl (C=O) groups is 2. The minimum Gasteiger partial charge on any atom is -0.361 e. The van der Waals surface area contributed by atoms with Crippen molar-refractivity contribution in [2.75, 3.05) is 26.2 Å². The number of aryl methyl sites for hydroxylation is 3. The maximum atomic E-state index is 13.0. The Morgan fingerprint density at radius 3 is 2.47 bits per heavy atom. The lowest BCUT2D eigenvalue weighted by atomic mass is 9.76. The van der Waals surface area contributed by atoms with Gasteiger partial charge in [-0.3, -0.25) is 9.59 Å². The molecule has 6 heteroatoms. The van der Waals surface area contributed by atoms with E-state index in [9.17, 15) is 9.59 Å². The zero-order chi connectivity index (χ0) is 21.3. The van der Waals surface area contributed by atoms with Crippen molar-refractivity contribution in [3.05, 3.63) is 52.9 Å². The van der Waals surface area contributed by atoms with Crippen molar-refractivity contribution in [2.45, 2.75) is 46.5 Å². The van der Waals surface area contributed by atoms with Crippen LogP contribution in [-0.2, 0) is 22.4 Å². The van der Waals surface area contributed by atoms with E-state index in [1.165, 1.54) is 5.56 Å². The van der Waals surface area contributed by atoms with Crippen molar-refractivity contribution in [3.8, 4) is 0 Å². The van der Waals surface area contributed by atoms with E-state index in [4.69, 9.17) is 4.52 Å². The summed E-state index contributed by atoms with van der Waals surface area (Å²) in [6.45, 7) is 8.48. The fourth-order valence-corrected chi connectivity index (χ4v) is 5.25. The second-order valence-electron chi connectivity index (χ2n) is 9.02. The van der Waals surface area contributed by atoms with E-state index >= 15 is 0 Å². The number of fused-ring (bicyclic) bond motifs is 1. The van der Waals surface area contributed by atoms with Crippen LogP contribution in [0.4, 0.5) is 0 Å². The van der Waals surface area contributed by atoms with Gasteiger partial charge in [0.25, 0.3) is 0 Å². The molecule has 30 heavy (non-hydrogen) atoms. The third kappa shape index (κ3) is 4.00. The Balaban J connectivity index is 1.43. The highest BCUT2D eigenvalue weighted by molar-refractivity contribution is 5.77. The summed E-state index contributed by atoms with van der Waals surface area (Å²) in [6, 6.07) is 10.5. The van der Waals surface area contributed by atoms with E-state index < -0.39 is 0 Å². The number of amides is 2. The highest BCUT2D eigenvalue weighted by Gasteiger charge is 2.53. The van der Waals surface area contributed by atoms with Gasteiger partial charge in [-0.05, 0) is 38.7 Å². The van der Waals surface area contributed by atoms with Crippen molar-refractivity contribution in [1.29, 1.82) is 0 Å². The number of carbonyl (C=O) groups excluding carboxylic acids is 2. The third-order valence-corrected chi connectivity index (χ3v) is 7.08. The van der Waals surface area contributed by atoms with Gasteiger partial charge in [0, 0.05) is 56.4 Å². The van der Waals surface area contributed by atoms with Crippen LogP contribution in [-0.4, -0.2) is 52.9 Å². The van der Waals surface area contributed by atoms with Crippen molar-refractivity contribution in [2.24, 2.45) is 11.3 Å². The normalized spacial score (nSPS) is 23.1. The molecule has 3 heterocycles. The molecule has 160 valence electrons. The summed E-state index contributed by atoms with van der Waals surface area (Å²) in [4.78, 5) is 29.1. The predicted octanol–water partition coefficient (Wildman–Crippen LogP) is 3.16. The van der Waals surface area contributed by atoms with Crippen LogP contribution >= 0.6 is 0 Å². The Morgan fingerprint density at radius 1 is 1.10 bits per heavy atom. The molecule has 0 spiro atoms. The first-order chi connectivity index (χ1) is 14.4. The molecule has 2 atom stereocenters. The largest absolute Gasteiger partial charge is 0.361 e. The zero-order valence-corrected chi connectivity index (χ0v) is 18.2. The summed E-state index contributed by atoms with van der Waals surface area (Å²) in [5.74, 6) is 1.49. The second-order valence-corrected chi connectivity index (χ2v) is 9.02. The smallest absolute Gasteiger partial charge is 0.222 e. The van der Waals surface area contributed by atoms with Gasteiger partial charge in [0.05, 0.1) is 5.69 Å². The third-order valence-electron chi connectivity index (χ3n) is 7.08. The molecule has 2 aromatic rings. The Labute approximate surface area is 178 Å². The topological polar surface area (TPSA) is 66.7 Å².